The molecule has 0 amide bonds. The van der Waals surface area contributed by atoms with Crippen LogP contribution >= 0.6 is 15.9 Å². The van der Waals surface area contributed by atoms with Gasteiger partial charge in [0.1, 0.15) is 11.6 Å². The summed E-state index contributed by atoms with van der Waals surface area (Å²) in [5, 5.41) is 13.6. The summed E-state index contributed by atoms with van der Waals surface area (Å²) < 4.78 is 13.9. The summed E-state index contributed by atoms with van der Waals surface area (Å²) in [6.45, 7) is 4.25. The van der Waals surface area contributed by atoms with Crippen LogP contribution in [0.4, 0.5) is 10.1 Å². The topological polar surface area (TPSA) is 32.3 Å². The van der Waals surface area contributed by atoms with E-state index in [1.54, 1.807) is 12.1 Å². The van der Waals surface area contributed by atoms with Gasteiger partial charge in [-0.15, -0.1) is 0 Å². The highest BCUT2D eigenvalue weighted by Crippen LogP contribution is 2.47. The third kappa shape index (κ3) is 2.53. The third-order valence-electron chi connectivity index (χ3n) is 4.17. The lowest BCUT2D eigenvalue weighted by Gasteiger charge is -2.18. The van der Waals surface area contributed by atoms with E-state index in [1.165, 1.54) is 23.3 Å². The van der Waals surface area contributed by atoms with Gasteiger partial charge >= 0.3 is 0 Å². The molecule has 0 saturated carbocycles. The number of fused-ring (bicyclic) bond motifs is 1. The molecule has 2 aromatic rings. The Hall–Kier alpha value is -1.55. The summed E-state index contributed by atoms with van der Waals surface area (Å²) in [6, 6.07) is 8.34. The fourth-order valence-corrected chi connectivity index (χ4v) is 3.73. The molecule has 0 radical (unpaired) electrons. The summed E-state index contributed by atoms with van der Waals surface area (Å²) >= 11 is 3.38. The van der Waals surface area contributed by atoms with Crippen molar-refractivity contribution in [3.05, 3.63) is 57.3 Å². The van der Waals surface area contributed by atoms with E-state index in [2.05, 4.69) is 35.1 Å². The van der Waals surface area contributed by atoms with Gasteiger partial charge in [0, 0.05) is 15.7 Å². The first-order chi connectivity index (χ1) is 9.97. The van der Waals surface area contributed by atoms with Crippen LogP contribution in [0, 0.1) is 12.7 Å². The minimum absolute atomic E-state index is 0.0386. The molecule has 0 spiro atoms. The van der Waals surface area contributed by atoms with E-state index in [4.69, 9.17) is 0 Å². The first kappa shape index (κ1) is 14.4. The van der Waals surface area contributed by atoms with Crippen LogP contribution in [0.15, 0.2) is 34.8 Å². The van der Waals surface area contributed by atoms with Crippen LogP contribution in [-0.2, 0) is 0 Å². The molecule has 0 fully saturated rings. The molecule has 21 heavy (non-hydrogen) atoms. The van der Waals surface area contributed by atoms with Crippen molar-refractivity contribution in [2.24, 2.45) is 0 Å². The van der Waals surface area contributed by atoms with Crippen molar-refractivity contribution < 1.29 is 9.50 Å². The molecule has 2 N–H and O–H groups in total. The normalized spacial score (nSPS) is 20.4. The number of nitrogens with one attached hydrogen (secondary N) is 1. The Bertz CT molecular complexity index is 701. The van der Waals surface area contributed by atoms with Gasteiger partial charge in [0.2, 0.25) is 0 Å². The zero-order chi connectivity index (χ0) is 15.1. The zero-order valence-electron chi connectivity index (χ0n) is 12.0. The number of aryl methyl sites for hydroxylation is 1. The maximum absolute atomic E-state index is 13.2. The number of rotatable bonds is 2. The number of anilines is 1. The monoisotopic (exact) mass is 349 g/mol. The van der Waals surface area contributed by atoms with Gasteiger partial charge in [0.15, 0.2) is 0 Å². The van der Waals surface area contributed by atoms with Crippen molar-refractivity contribution >= 4 is 21.6 Å². The Labute approximate surface area is 132 Å². The van der Waals surface area contributed by atoms with E-state index < -0.39 is 0 Å². The second-order valence-electron chi connectivity index (χ2n) is 5.69. The van der Waals surface area contributed by atoms with Crippen molar-refractivity contribution in [3.63, 3.8) is 0 Å². The van der Waals surface area contributed by atoms with Crippen molar-refractivity contribution in [1.29, 1.82) is 0 Å². The second-order valence-corrected chi connectivity index (χ2v) is 6.54. The van der Waals surface area contributed by atoms with Gasteiger partial charge in [-0.3, -0.25) is 0 Å². The van der Waals surface area contributed by atoms with E-state index in [-0.39, 0.29) is 11.9 Å². The van der Waals surface area contributed by atoms with Crippen molar-refractivity contribution in [1.82, 2.24) is 0 Å². The predicted octanol–water partition coefficient (Wildman–Crippen LogP) is 5.26. The summed E-state index contributed by atoms with van der Waals surface area (Å²) in [5.74, 6) is 0.450. The molecule has 0 heterocycles. The molecular weight excluding hydrogens is 333 g/mol. The molecule has 2 unspecified atom stereocenters. The van der Waals surface area contributed by atoms with Gasteiger partial charge in [0.25, 0.3) is 0 Å². The van der Waals surface area contributed by atoms with E-state index in [0.717, 1.165) is 17.7 Å². The quantitative estimate of drug-likeness (QED) is 0.774. The fraction of sp³-hybridized carbons (Fsp3) is 0.294. The van der Waals surface area contributed by atoms with Crippen molar-refractivity contribution in [3.8, 4) is 5.75 Å². The van der Waals surface area contributed by atoms with E-state index >= 15 is 0 Å². The molecule has 2 aromatic carbocycles. The second kappa shape index (κ2) is 5.34. The Morgan fingerprint density at radius 3 is 2.71 bits per heavy atom. The van der Waals surface area contributed by atoms with E-state index in [9.17, 15) is 9.50 Å². The number of halogens is 2. The van der Waals surface area contributed by atoms with Crippen molar-refractivity contribution in [2.75, 3.05) is 5.32 Å². The molecule has 0 bridgehead atoms. The van der Waals surface area contributed by atoms with Gasteiger partial charge in [-0.25, -0.2) is 4.39 Å². The molecule has 4 heteroatoms. The Morgan fingerprint density at radius 1 is 1.24 bits per heavy atom. The molecule has 2 nitrogen and oxygen atoms in total. The number of aromatic hydroxyl groups is 1. The van der Waals surface area contributed by atoms with Gasteiger partial charge in [-0.2, -0.15) is 0 Å². The standard InChI is InChI=1S/C17H17BrFNO/c1-9-3-6-15(21)17-14(7-10(2)16(9)17)20-13-5-4-11(19)8-12(13)18/h3-6,8,10,14,20-21H,7H2,1-2H3. The van der Waals surface area contributed by atoms with Crippen LogP contribution < -0.4 is 5.32 Å². The van der Waals surface area contributed by atoms with E-state index in [0.29, 0.717) is 16.1 Å². The Balaban J connectivity index is 1.98. The third-order valence-corrected chi connectivity index (χ3v) is 4.83. The summed E-state index contributed by atoms with van der Waals surface area (Å²) in [7, 11) is 0. The lowest BCUT2D eigenvalue weighted by molar-refractivity contribution is 0.465. The van der Waals surface area contributed by atoms with Gasteiger partial charge < -0.3 is 10.4 Å². The Morgan fingerprint density at radius 2 is 2.00 bits per heavy atom. The number of hydrogen-bond donors (Lipinski definition) is 2. The SMILES string of the molecule is Cc1ccc(O)c2c1C(C)CC2Nc1ccc(F)cc1Br. The minimum Gasteiger partial charge on any atom is -0.508 e. The maximum Gasteiger partial charge on any atom is 0.124 e. The van der Waals surface area contributed by atoms with E-state index in [1.807, 2.05) is 6.07 Å². The number of phenolic OH excluding ortho intramolecular Hbond substituents is 1. The molecule has 0 saturated heterocycles. The van der Waals surface area contributed by atoms with Crippen molar-refractivity contribution in [2.45, 2.75) is 32.2 Å². The molecule has 3 rings (SSSR count). The maximum atomic E-state index is 13.2. The summed E-state index contributed by atoms with van der Waals surface area (Å²) in [5.41, 5.74) is 4.24. The zero-order valence-corrected chi connectivity index (χ0v) is 13.5. The van der Waals surface area contributed by atoms with Crippen LogP contribution in [0.1, 0.15) is 42.0 Å². The molecule has 0 aromatic heterocycles. The van der Waals surface area contributed by atoms with Crippen LogP contribution in [0.25, 0.3) is 0 Å². The number of phenols is 1. The molecule has 110 valence electrons. The highest BCUT2D eigenvalue weighted by atomic mass is 79.9. The van der Waals surface area contributed by atoms with Gasteiger partial charge in [0.05, 0.1) is 6.04 Å². The summed E-state index contributed by atoms with van der Waals surface area (Å²) in [6.07, 6.45) is 0.914. The highest BCUT2D eigenvalue weighted by molar-refractivity contribution is 9.10. The van der Waals surface area contributed by atoms with Gasteiger partial charge in [-0.05, 0) is 70.6 Å². The smallest absolute Gasteiger partial charge is 0.124 e. The first-order valence-corrected chi connectivity index (χ1v) is 7.80. The minimum atomic E-state index is -0.272. The number of benzene rings is 2. The molecule has 2 atom stereocenters. The molecule has 1 aliphatic rings. The van der Waals surface area contributed by atoms with Crippen LogP contribution in [0.5, 0.6) is 5.75 Å². The lowest BCUT2D eigenvalue weighted by atomic mass is 9.97. The Kier molecular flexibility index (Phi) is 3.66. The molecular formula is C17H17BrFNO. The highest BCUT2D eigenvalue weighted by Gasteiger charge is 2.32. The average Bonchev–Trinajstić information content (AvgIpc) is 2.75. The van der Waals surface area contributed by atoms with Gasteiger partial charge in [-0.1, -0.05) is 13.0 Å². The summed E-state index contributed by atoms with van der Waals surface area (Å²) in [4.78, 5) is 0. The van der Waals surface area contributed by atoms with Crippen LogP contribution in [0.2, 0.25) is 0 Å². The largest absolute Gasteiger partial charge is 0.508 e. The fourth-order valence-electron chi connectivity index (χ4n) is 3.27. The molecule has 0 aliphatic heterocycles. The van der Waals surface area contributed by atoms with Crippen LogP contribution in [-0.4, -0.2) is 5.11 Å². The first-order valence-electron chi connectivity index (χ1n) is 7.01. The lowest BCUT2D eigenvalue weighted by Crippen LogP contribution is -2.08. The predicted molar refractivity (Wildman–Crippen MR) is 86.3 cm³/mol. The molecule has 1 aliphatic carbocycles. The average molecular weight is 350 g/mol. The van der Waals surface area contributed by atoms with Crippen LogP contribution in [0.3, 0.4) is 0 Å². The number of hydrogen-bond acceptors (Lipinski definition) is 2.